The number of carbonyl (C=O) groups excluding carboxylic acids is 2. The molecule has 1 atom stereocenters. The molecule has 4 rings (SSSR count). The molecule has 0 saturated carbocycles. The lowest BCUT2D eigenvalue weighted by Crippen LogP contribution is -2.71. The Bertz CT molecular complexity index is 649. The first-order valence-electron chi connectivity index (χ1n) is 7.66. The first kappa shape index (κ1) is 14.0. The molecule has 3 fully saturated rings. The number of rotatable bonds is 2. The molecule has 6 heteroatoms. The number of nitrogens with zero attached hydrogens (tertiary/aromatic N) is 1. The van der Waals surface area contributed by atoms with E-state index in [9.17, 15) is 9.59 Å². The first-order chi connectivity index (χ1) is 10.6. The Morgan fingerprint density at radius 1 is 1.23 bits per heavy atom. The van der Waals surface area contributed by atoms with Gasteiger partial charge in [-0.05, 0) is 18.1 Å². The minimum absolute atomic E-state index is 0.198. The van der Waals surface area contributed by atoms with E-state index >= 15 is 0 Å². The Hall–Kier alpha value is -1.59. The van der Waals surface area contributed by atoms with Crippen LogP contribution in [0.25, 0.3) is 0 Å². The van der Waals surface area contributed by atoms with E-state index in [4.69, 9.17) is 11.6 Å². The van der Waals surface area contributed by atoms with E-state index in [0.29, 0.717) is 23.3 Å². The van der Waals surface area contributed by atoms with E-state index in [0.717, 1.165) is 37.4 Å². The predicted molar refractivity (Wildman–Crippen MR) is 84.1 cm³/mol. The lowest BCUT2D eigenvalue weighted by Gasteiger charge is -2.57. The maximum Gasteiger partial charge on any atom is 0.234 e. The normalized spacial score (nSPS) is 26.4. The van der Waals surface area contributed by atoms with Crippen molar-refractivity contribution in [3.63, 3.8) is 0 Å². The molecule has 1 spiro atoms. The minimum atomic E-state index is -0.328. The van der Waals surface area contributed by atoms with Gasteiger partial charge in [-0.2, -0.15) is 0 Å². The van der Waals surface area contributed by atoms with E-state index in [-0.39, 0.29) is 17.7 Å². The molecule has 0 radical (unpaired) electrons. The zero-order valence-corrected chi connectivity index (χ0v) is 12.9. The standard InChI is InChI=1S/C16H18ClN3O2/c17-14-10(11-4-5-13(21)19-15(11)22)2-1-3-12(14)20-8-16(9-20)6-18-7-16/h1-3,11,18H,4-9H2,(H,19,21,22). The summed E-state index contributed by atoms with van der Waals surface area (Å²) < 4.78 is 0. The summed E-state index contributed by atoms with van der Waals surface area (Å²) in [5, 5.41) is 6.38. The maximum absolute atomic E-state index is 12.1. The second kappa shape index (κ2) is 4.96. The molecule has 22 heavy (non-hydrogen) atoms. The van der Waals surface area contributed by atoms with Gasteiger partial charge in [0, 0.05) is 38.0 Å². The SMILES string of the molecule is O=C1CCC(c2cccc(N3CC4(CNC4)C3)c2Cl)C(=O)N1. The summed E-state index contributed by atoms with van der Waals surface area (Å²) in [7, 11) is 0. The first-order valence-corrected chi connectivity index (χ1v) is 8.04. The number of nitrogens with one attached hydrogen (secondary N) is 2. The number of amides is 2. The van der Waals surface area contributed by atoms with E-state index < -0.39 is 0 Å². The molecule has 2 N–H and O–H groups in total. The Balaban J connectivity index is 1.58. The molecule has 3 saturated heterocycles. The van der Waals surface area contributed by atoms with Gasteiger partial charge in [-0.15, -0.1) is 0 Å². The van der Waals surface area contributed by atoms with Gasteiger partial charge in [0.1, 0.15) is 0 Å². The molecule has 116 valence electrons. The average Bonchev–Trinajstić information content (AvgIpc) is 2.38. The van der Waals surface area contributed by atoms with Crippen molar-refractivity contribution in [1.29, 1.82) is 0 Å². The maximum atomic E-state index is 12.1. The number of carbonyl (C=O) groups is 2. The molecule has 2 amide bonds. The molecule has 5 nitrogen and oxygen atoms in total. The van der Waals surface area contributed by atoms with Gasteiger partial charge in [-0.1, -0.05) is 23.7 Å². The Labute approximate surface area is 134 Å². The summed E-state index contributed by atoms with van der Waals surface area (Å²) in [4.78, 5) is 25.6. The van der Waals surface area contributed by atoms with Crippen LogP contribution in [0.4, 0.5) is 5.69 Å². The summed E-state index contributed by atoms with van der Waals surface area (Å²) in [6, 6.07) is 5.85. The number of hydrogen-bond donors (Lipinski definition) is 2. The van der Waals surface area contributed by atoms with Crippen molar-refractivity contribution < 1.29 is 9.59 Å². The predicted octanol–water partition coefficient (Wildman–Crippen LogP) is 1.27. The summed E-state index contributed by atoms with van der Waals surface area (Å²) in [5.41, 5.74) is 2.26. The third-order valence-electron chi connectivity index (χ3n) is 5.02. The summed E-state index contributed by atoms with van der Waals surface area (Å²) in [5.74, 6) is -0.764. The number of imide groups is 1. The zero-order valence-electron chi connectivity index (χ0n) is 12.2. The molecule has 0 aliphatic carbocycles. The summed E-state index contributed by atoms with van der Waals surface area (Å²) in [6.07, 6.45) is 0.900. The summed E-state index contributed by atoms with van der Waals surface area (Å²) >= 11 is 6.58. The molecule has 0 bridgehead atoms. The molecule has 1 unspecified atom stereocenters. The molecule has 3 aliphatic rings. The topological polar surface area (TPSA) is 61.4 Å². The number of benzene rings is 1. The molecule has 3 heterocycles. The lowest BCUT2D eigenvalue weighted by atomic mass is 9.74. The van der Waals surface area contributed by atoms with E-state index in [1.165, 1.54) is 0 Å². The van der Waals surface area contributed by atoms with Crippen LogP contribution in [0.5, 0.6) is 0 Å². The van der Waals surface area contributed by atoms with Crippen LogP contribution in [0.3, 0.4) is 0 Å². The van der Waals surface area contributed by atoms with E-state index in [1.807, 2.05) is 18.2 Å². The van der Waals surface area contributed by atoms with Gasteiger partial charge in [-0.25, -0.2) is 0 Å². The molecule has 3 aliphatic heterocycles. The van der Waals surface area contributed by atoms with Crippen molar-refractivity contribution in [2.45, 2.75) is 18.8 Å². The van der Waals surface area contributed by atoms with Crippen LogP contribution in [0.2, 0.25) is 5.02 Å². The van der Waals surface area contributed by atoms with Gasteiger partial charge in [0.2, 0.25) is 11.8 Å². The van der Waals surface area contributed by atoms with Gasteiger partial charge >= 0.3 is 0 Å². The van der Waals surface area contributed by atoms with Gasteiger partial charge in [0.25, 0.3) is 0 Å². The smallest absolute Gasteiger partial charge is 0.234 e. The molecule has 1 aromatic carbocycles. The second-order valence-electron chi connectivity index (χ2n) is 6.64. The fourth-order valence-electron chi connectivity index (χ4n) is 3.68. The Kier molecular flexibility index (Phi) is 3.16. The van der Waals surface area contributed by atoms with Crippen LogP contribution in [-0.4, -0.2) is 38.0 Å². The van der Waals surface area contributed by atoms with Crippen LogP contribution in [0.1, 0.15) is 24.3 Å². The lowest BCUT2D eigenvalue weighted by molar-refractivity contribution is -0.134. The monoisotopic (exact) mass is 319 g/mol. The highest BCUT2D eigenvalue weighted by molar-refractivity contribution is 6.34. The van der Waals surface area contributed by atoms with Gasteiger partial charge < -0.3 is 10.2 Å². The van der Waals surface area contributed by atoms with Crippen LogP contribution in [0.15, 0.2) is 18.2 Å². The van der Waals surface area contributed by atoms with Crippen molar-refractivity contribution in [2.75, 3.05) is 31.1 Å². The average molecular weight is 320 g/mol. The minimum Gasteiger partial charge on any atom is -0.369 e. The van der Waals surface area contributed by atoms with Gasteiger partial charge in [0.15, 0.2) is 0 Å². The van der Waals surface area contributed by atoms with Crippen molar-refractivity contribution in [1.82, 2.24) is 10.6 Å². The second-order valence-corrected chi connectivity index (χ2v) is 7.02. The number of piperidine rings is 1. The number of anilines is 1. The van der Waals surface area contributed by atoms with Crippen LogP contribution >= 0.6 is 11.6 Å². The van der Waals surface area contributed by atoms with Crippen molar-refractivity contribution in [2.24, 2.45) is 5.41 Å². The molecular formula is C16H18ClN3O2. The molecule has 1 aromatic rings. The van der Waals surface area contributed by atoms with Gasteiger partial charge in [-0.3, -0.25) is 14.9 Å². The van der Waals surface area contributed by atoms with Crippen molar-refractivity contribution in [3.8, 4) is 0 Å². The van der Waals surface area contributed by atoms with Gasteiger partial charge in [0.05, 0.1) is 16.6 Å². The fraction of sp³-hybridized carbons (Fsp3) is 0.500. The number of hydrogen-bond acceptors (Lipinski definition) is 4. The number of halogens is 1. The van der Waals surface area contributed by atoms with Crippen molar-refractivity contribution in [3.05, 3.63) is 28.8 Å². The van der Waals surface area contributed by atoms with Crippen LogP contribution < -0.4 is 15.5 Å². The quantitative estimate of drug-likeness (QED) is 0.806. The highest BCUT2D eigenvalue weighted by atomic mass is 35.5. The van der Waals surface area contributed by atoms with E-state index in [2.05, 4.69) is 15.5 Å². The highest BCUT2D eigenvalue weighted by Crippen LogP contribution is 2.43. The third kappa shape index (κ3) is 2.11. The van der Waals surface area contributed by atoms with E-state index in [1.54, 1.807) is 0 Å². The highest BCUT2D eigenvalue weighted by Gasteiger charge is 2.48. The summed E-state index contributed by atoms with van der Waals surface area (Å²) in [6.45, 7) is 4.18. The molecular weight excluding hydrogens is 302 g/mol. The molecule has 0 aromatic heterocycles. The third-order valence-corrected chi connectivity index (χ3v) is 5.43. The Morgan fingerprint density at radius 2 is 2.00 bits per heavy atom. The van der Waals surface area contributed by atoms with Crippen LogP contribution in [0, 0.1) is 5.41 Å². The fourth-order valence-corrected chi connectivity index (χ4v) is 4.05. The Morgan fingerprint density at radius 3 is 2.64 bits per heavy atom. The van der Waals surface area contributed by atoms with Crippen molar-refractivity contribution >= 4 is 29.1 Å². The largest absolute Gasteiger partial charge is 0.369 e. The zero-order chi connectivity index (χ0) is 15.3. The van der Waals surface area contributed by atoms with Crippen LogP contribution in [-0.2, 0) is 9.59 Å².